The predicted octanol–water partition coefficient (Wildman–Crippen LogP) is 4.03. The number of anilines is 2. The molecule has 2 aromatic carbocycles. The van der Waals surface area contributed by atoms with E-state index in [1.165, 1.54) is 11.1 Å². The number of nitrogens with zero attached hydrogens (tertiary/aromatic N) is 1. The Labute approximate surface area is 112 Å². The summed E-state index contributed by atoms with van der Waals surface area (Å²) in [5, 5.41) is 4.14. The molecule has 0 amide bonds. The van der Waals surface area contributed by atoms with E-state index in [-0.39, 0.29) is 0 Å². The molecule has 0 spiro atoms. The Kier molecular flexibility index (Phi) is 2.98. The molecule has 0 bridgehead atoms. The van der Waals surface area contributed by atoms with Crippen LogP contribution in [0.15, 0.2) is 42.5 Å². The first kappa shape index (κ1) is 11.6. The van der Waals surface area contributed by atoms with E-state index in [0.717, 1.165) is 29.5 Å². The number of halogens is 1. The van der Waals surface area contributed by atoms with Crippen LogP contribution in [-0.4, -0.2) is 11.9 Å². The Morgan fingerprint density at radius 1 is 1.00 bits per heavy atom. The molecule has 1 N–H and O–H groups in total. The number of rotatable bonds is 2. The van der Waals surface area contributed by atoms with Crippen molar-refractivity contribution in [2.75, 3.05) is 12.4 Å². The van der Waals surface area contributed by atoms with Crippen LogP contribution in [0.3, 0.4) is 0 Å². The van der Waals surface area contributed by atoms with Crippen LogP contribution in [0.2, 0.25) is 5.02 Å². The third kappa shape index (κ3) is 2.35. The second-order valence-corrected chi connectivity index (χ2v) is 5.23. The summed E-state index contributed by atoms with van der Waals surface area (Å²) >= 11 is 5.98. The van der Waals surface area contributed by atoms with E-state index in [9.17, 15) is 0 Å². The first-order valence-corrected chi connectivity index (χ1v) is 6.41. The van der Waals surface area contributed by atoms with Gasteiger partial charge in [0.25, 0.3) is 0 Å². The summed E-state index contributed by atoms with van der Waals surface area (Å²) < 4.78 is 0. The number of nitrogens with one attached hydrogen (secondary N) is 1. The largest absolute Gasteiger partial charge is 0.355 e. The van der Waals surface area contributed by atoms with Crippen LogP contribution in [0.4, 0.5) is 11.4 Å². The number of hydrogen-bond acceptors (Lipinski definition) is 2. The van der Waals surface area contributed by atoms with Crippen molar-refractivity contribution >= 4 is 23.0 Å². The van der Waals surface area contributed by atoms with Crippen LogP contribution in [0.5, 0.6) is 0 Å². The lowest BCUT2D eigenvalue weighted by atomic mass is 10.1. The van der Waals surface area contributed by atoms with Crippen LogP contribution in [-0.2, 0) is 13.1 Å². The first-order chi connectivity index (χ1) is 8.70. The van der Waals surface area contributed by atoms with E-state index >= 15 is 0 Å². The molecule has 0 aromatic heterocycles. The van der Waals surface area contributed by atoms with Gasteiger partial charge >= 0.3 is 0 Å². The van der Waals surface area contributed by atoms with Crippen LogP contribution in [0.25, 0.3) is 0 Å². The summed E-state index contributed by atoms with van der Waals surface area (Å²) in [5.41, 5.74) is 4.97. The van der Waals surface area contributed by atoms with Crippen molar-refractivity contribution < 1.29 is 0 Å². The van der Waals surface area contributed by atoms with Gasteiger partial charge in [-0.1, -0.05) is 23.7 Å². The van der Waals surface area contributed by atoms with Crippen molar-refractivity contribution in [3.05, 3.63) is 58.6 Å². The monoisotopic (exact) mass is 258 g/mol. The molecule has 3 rings (SSSR count). The summed E-state index contributed by atoms with van der Waals surface area (Å²) in [6.45, 7) is 2.08. The summed E-state index contributed by atoms with van der Waals surface area (Å²) in [4.78, 5) is 2.31. The minimum Gasteiger partial charge on any atom is -0.355 e. The highest BCUT2D eigenvalue weighted by Crippen LogP contribution is 2.26. The van der Waals surface area contributed by atoms with Gasteiger partial charge in [0.2, 0.25) is 0 Å². The SMILES string of the molecule is CN1Cc2ccc(Nc3cccc(Cl)c3)cc2C1. The van der Waals surface area contributed by atoms with Gasteiger partial charge in [0, 0.05) is 29.5 Å². The average Bonchev–Trinajstić information content (AvgIpc) is 2.68. The normalized spacial score (nSPS) is 14.6. The molecule has 1 aliphatic rings. The van der Waals surface area contributed by atoms with Crippen LogP contribution < -0.4 is 5.32 Å². The fourth-order valence-electron chi connectivity index (χ4n) is 2.38. The minimum absolute atomic E-state index is 0.751. The summed E-state index contributed by atoms with van der Waals surface area (Å²) in [5.74, 6) is 0. The van der Waals surface area contributed by atoms with E-state index in [1.54, 1.807) is 0 Å². The second kappa shape index (κ2) is 4.63. The van der Waals surface area contributed by atoms with E-state index in [2.05, 4.69) is 35.5 Å². The first-order valence-electron chi connectivity index (χ1n) is 6.04. The smallest absolute Gasteiger partial charge is 0.0426 e. The Morgan fingerprint density at radius 2 is 1.78 bits per heavy atom. The molecular weight excluding hydrogens is 244 g/mol. The van der Waals surface area contributed by atoms with Gasteiger partial charge in [-0.2, -0.15) is 0 Å². The topological polar surface area (TPSA) is 15.3 Å². The molecule has 92 valence electrons. The molecule has 1 aliphatic heterocycles. The zero-order valence-corrected chi connectivity index (χ0v) is 11.0. The third-order valence-corrected chi connectivity index (χ3v) is 3.44. The molecule has 0 saturated heterocycles. The molecule has 0 radical (unpaired) electrons. The number of benzene rings is 2. The quantitative estimate of drug-likeness (QED) is 0.875. The Balaban J connectivity index is 1.84. The molecular formula is C15H15ClN2. The van der Waals surface area contributed by atoms with Crippen molar-refractivity contribution in [2.24, 2.45) is 0 Å². The highest BCUT2D eigenvalue weighted by atomic mass is 35.5. The van der Waals surface area contributed by atoms with Crippen molar-refractivity contribution in [2.45, 2.75) is 13.1 Å². The van der Waals surface area contributed by atoms with Gasteiger partial charge in [-0.15, -0.1) is 0 Å². The Bertz CT molecular complexity index is 580. The van der Waals surface area contributed by atoms with Gasteiger partial charge in [-0.25, -0.2) is 0 Å². The van der Waals surface area contributed by atoms with Crippen molar-refractivity contribution in [1.82, 2.24) is 4.90 Å². The van der Waals surface area contributed by atoms with Gasteiger partial charge in [-0.05, 0) is 48.5 Å². The molecule has 0 fully saturated rings. The van der Waals surface area contributed by atoms with Gasteiger partial charge < -0.3 is 5.32 Å². The van der Waals surface area contributed by atoms with E-state index in [0.29, 0.717) is 0 Å². The Morgan fingerprint density at radius 3 is 2.61 bits per heavy atom. The maximum atomic E-state index is 5.98. The lowest BCUT2D eigenvalue weighted by Gasteiger charge is -2.08. The minimum atomic E-state index is 0.751. The zero-order valence-electron chi connectivity index (χ0n) is 10.3. The maximum absolute atomic E-state index is 5.98. The highest BCUT2D eigenvalue weighted by molar-refractivity contribution is 6.30. The molecule has 18 heavy (non-hydrogen) atoms. The van der Waals surface area contributed by atoms with Gasteiger partial charge in [0.05, 0.1) is 0 Å². The molecule has 1 heterocycles. The summed E-state index contributed by atoms with van der Waals surface area (Å²) in [6.07, 6.45) is 0. The van der Waals surface area contributed by atoms with Gasteiger partial charge in [0.15, 0.2) is 0 Å². The molecule has 2 aromatic rings. The van der Waals surface area contributed by atoms with E-state index in [1.807, 2.05) is 24.3 Å². The molecule has 3 heteroatoms. The lowest BCUT2D eigenvalue weighted by Crippen LogP contribution is -2.07. The van der Waals surface area contributed by atoms with Crippen LogP contribution in [0, 0.1) is 0 Å². The summed E-state index contributed by atoms with van der Waals surface area (Å²) in [6, 6.07) is 14.3. The van der Waals surface area contributed by atoms with Crippen LogP contribution >= 0.6 is 11.6 Å². The second-order valence-electron chi connectivity index (χ2n) is 4.79. The average molecular weight is 259 g/mol. The number of fused-ring (bicyclic) bond motifs is 1. The molecule has 0 aliphatic carbocycles. The zero-order chi connectivity index (χ0) is 12.5. The highest BCUT2D eigenvalue weighted by Gasteiger charge is 2.15. The molecule has 0 atom stereocenters. The summed E-state index contributed by atoms with van der Waals surface area (Å²) in [7, 11) is 2.14. The van der Waals surface area contributed by atoms with Crippen LogP contribution in [0.1, 0.15) is 11.1 Å². The molecule has 0 unspecified atom stereocenters. The van der Waals surface area contributed by atoms with E-state index < -0.39 is 0 Å². The fourth-order valence-corrected chi connectivity index (χ4v) is 2.57. The van der Waals surface area contributed by atoms with Crippen molar-refractivity contribution in [3.63, 3.8) is 0 Å². The van der Waals surface area contributed by atoms with Crippen molar-refractivity contribution in [1.29, 1.82) is 0 Å². The number of hydrogen-bond donors (Lipinski definition) is 1. The fraction of sp³-hybridized carbons (Fsp3) is 0.200. The molecule has 0 saturated carbocycles. The Hall–Kier alpha value is -1.51. The standard InChI is InChI=1S/C15H15ClN2/c1-18-9-11-5-6-15(7-12(11)10-18)17-14-4-2-3-13(16)8-14/h2-8,17H,9-10H2,1H3. The van der Waals surface area contributed by atoms with Gasteiger partial charge in [0.1, 0.15) is 0 Å². The maximum Gasteiger partial charge on any atom is 0.0426 e. The lowest BCUT2D eigenvalue weighted by molar-refractivity contribution is 0.353. The third-order valence-electron chi connectivity index (χ3n) is 3.20. The predicted molar refractivity (Wildman–Crippen MR) is 76.3 cm³/mol. The van der Waals surface area contributed by atoms with Crippen molar-refractivity contribution in [3.8, 4) is 0 Å². The molecule has 2 nitrogen and oxygen atoms in total. The van der Waals surface area contributed by atoms with E-state index in [4.69, 9.17) is 11.6 Å². The van der Waals surface area contributed by atoms with Gasteiger partial charge in [-0.3, -0.25) is 4.90 Å².